The van der Waals surface area contributed by atoms with Crippen LogP contribution < -0.4 is 4.74 Å². The highest BCUT2D eigenvalue weighted by atomic mass is 16.5. The number of hydrogen-bond acceptors (Lipinski definition) is 4. The van der Waals surface area contributed by atoms with Gasteiger partial charge in [0, 0.05) is 12.1 Å². The van der Waals surface area contributed by atoms with Gasteiger partial charge < -0.3 is 14.4 Å². The van der Waals surface area contributed by atoms with Crippen molar-refractivity contribution in [3.8, 4) is 11.8 Å². The molecule has 2 unspecified atom stereocenters. The summed E-state index contributed by atoms with van der Waals surface area (Å²) in [6.07, 6.45) is 0. The first kappa shape index (κ1) is 12.0. The molecule has 19 heavy (non-hydrogen) atoms. The largest absolute Gasteiger partial charge is 0.492 e. The second-order valence-electron chi connectivity index (χ2n) is 4.65. The summed E-state index contributed by atoms with van der Waals surface area (Å²) in [6, 6.07) is 9.19. The highest BCUT2D eigenvalue weighted by Crippen LogP contribution is 2.35. The molecule has 0 bridgehead atoms. The molecule has 98 valence electrons. The second kappa shape index (κ2) is 4.90. The van der Waals surface area contributed by atoms with Gasteiger partial charge in [-0.2, -0.15) is 5.26 Å². The fourth-order valence-corrected chi connectivity index (χ4v) is 2.54. The molecule has 1 amide bonds. The molecule has 5 heteroatoms. The molecule has 2 atom stereocenters. The molecule has 1 aromatic carbocycles. The summed E-state index contributed by atoms with van der Waals surface area (Å²) in [5, 5.41) is 9.09. The number of benzene rings is 1. The number of carbonyl (C=O) groups excluding carboxylic acids is 1. The van der Waals surface area contributed by atoms with Crippen LogP contribution in [0.1, 0.15) is 11.5 Å². The summed E-state index contributed by atoms with van der Waals surface area (Å²) in [5.41, 5.74) is 0.913. The minimum Gasteiger partial charge on any atom is -0.492 e. The molecule has 1 aromatic rings. The highest BCUT2D eigenvalue weighted by Gasteiger charge is 2.37. The van der Waals surface area contributed by atoms with Crippen molar-refractivity contribution >= 4 is 5.91 Å². The number of para-hydroxylation sites is 1. The standard InChI is InChI=1S/C14H14N2O3/c15-7-10-8-18-6-5-16(10)14(17)12-9-19-13-4-2-1-3-11(12)13/h1-4,10,12H,5-6,8-9H2. The normalized spacial score (nSPS) is 25.3. The summed E-state index contributed by atoms with van der Waals surface area (Å²) in [7, 11) is 0. The van der Waals surface area contributed by atoms with E-state index >= 15 is 0 Å². The predicted molar refractivity (Wildman–Crippen MR) is 66.6 cm³/mol. The third-order valence-electron chi connectivity index (χ3n) is 3.56. The summed E-state index contributed by atoms with van der Waals surface area (Å²) in [4.78, 5) is 14.2. The lowest BCUT2D eigenvalue weighted by Gasteiger charge is -2.32. The fraction of sp³-hybridized carbons (Fsp3) is 0.429. The maximum atomic E-state index is 12.6. The van der Waals surface area contributed by atoms with Gasteiger partial charge in [0.05, 0.1) is 19.3 Å². The van der Waals surface area contributed by atoms with E-state index in [1.807, 2.05) is 24.3 Å². The maximum absolute atomic E-state index is 12.6. The zero-order chi connectivity index (χ0) is 13.2. The number of nitrogens with zero attached hydrogens (tertiary/aromatic N) is 2. The molecule has 0 aliphatic carbocycles. The van der Waals surface area contributed by atoms with Gasteiger partial charge in [0.2, 0.25) is 5.91 Å². The molecule has 1 saturated heterocycles. The Morgan fingerprint density at radius 1 is 1.37 bits per heavy atom. The minimum absolute atomic E-state index is 0.0419. The molecule has 0 saturated carbocycles. The first-order valence-corrected chi connectivity index (χ1v) is 6.31. The van der Waals surface area contributed by atoms with Crippen LogP contribution in [0.5, 0.6) is 5.75 Å². The quantitative estimate of drug-likeness (QED) is 0.751. The fourth-order valence-electron chi connectivity index (χ4n) is 2.54. The van der Waals surface area contributed by atoms with E-state index in [1.165, 1.54) is 0 Å². The van der Waals surface area contributed by atoms with Crippen LogP contribution in [0, 0.1) is 11.3 Å². The first-order chi connectivity index (χ1) is 9.31. The monoisotopic (exact) mass is 258 g/mol. The van der Waals surface area contributed by atoms with Crippen molar-refractivity contribution in [3.63, 3.8) is 0 Å². The summed E-state index contributed by atoms with van der Waals surface area (Å²) >= 11 is 0. The van der Waals surface area contributed by atoms with Gasteiger partial charge in [-0.3, -0.25) is 4.79 Å². The SMILES string of the molecule is N#CC1COCCN1C(=O)C1COc2ccccc21. The lowest BCUT2D eigenvalue weighted by Crippen LogP contribution is -2.49. The average Bonchev–Trinajstić information content (AvgIpc) is 2.90. The molecule has 3 rings (SSSR count). The van der Waals surface area contributed by atoms with Crippen molar-refractivity contribution in [2.24, 2.45) is 0 Å². The Morgan fingerprint density at radius 2 is 2.21 bits per heavy atom. The number of hydrogen-bond donors (Lipinski definition) is 0. The molecule has 2 heterocycles. The van der Waals surface area contributed by atoms with Crippen molar-refractivity contribution in [1.29, 1.82) is 5.26 Å². The van der Waals surface area contributed by atoms with Gasteiger partial charge in [-0.05, 0) is 6.07 Å². The van der Waals surface area contributed by atoms with E-state index in [1.54, 1.807) is 4.90 Å². The van der Waals surface area contributed by atoms with E-state index in [2.05, 4.69) is 6.07 Å². The van der Waals surface area contributed by atoms with E-state index in [-0.39, 0.29) is 18.4 Å². The molecule has 0 N–H and O–H groups in total. The number of amides is 1. The van der Waals surface area contributed by atoms with Crippen LogP contribution in [0.4, 0.5) is 0 Å². The van der Waals surface area contributed by atoms with Gasteiger partial charge in [-0.15, -0.1) is 0 Å². The summed E-state index contributed by atoms with van der Waals surface area (Å²) in [6.45, 7) is 1.60. The van der Waals surface area contributed by atoms with Crippen LogP contribution in [0.15, 0.2) is 24.3 Å². The lowest BCUT2D eigenvalue weighted by atomic mass is 9.99. The minimum atomic E-state index is -0.492. The van der Waals surface area contributed by atoms with Crippen molar-refractivity contribution in [2.45, 2.75) is 12.0 Å². The van der Waals surface area contributed by atoms with Crippen LogP contribution in [0.3, 0.4) is 0 Å². The van der Waals surface area contributed by atoms with E-state index in [9.17, 15) is 4.79 Å². The number of fused-ring (bicyclic) bond motifs is 1. The van der Waals surface area contributed by atoms with Crippen molar-refractivity contribution in [3.05, 3.63) is 29.8 Å². The number of nitriles is 1. The Balaban J connectivity index is 1.83. The highest BCUT2D eigenvalue weighted by molar-refractivity contribution is 5.86. The Morgan fingerprint density at radius 3 is 3.05 bits per heavy atom. The van der Waals surface area contributed by atoms with Crippen LogP contribution in [-0.4, -0.2) is 43.2 Å². The van der Waals surface area contributed by atoms with Crippen LogP contribution in [-0.2, 0) is 9.53 Å². The molecule has 5 nitrogen and oxygen atoms in total. The smallest absolute Gasteiger partial charge is 0.234 e. The van der Waals surface area contributed by atoms with Crippen molar-refractivity contribution in [1.82, 2.24) is 4.90 Å². The van der Waals surface area contributed by atoms with Crippen molar-refractivity contribution < 1.29 is 14.3 Å². The Kier molecular flexibility index (Phi) is 3.10. The zero-order valence-corrected chi connectivity index (χ0v) is 10.4. The van der Waals surface area contributed by atoms with Crippen LogP contribution in [0.25, 0.3) is 0 Å². The van der Waals surface area contributed by atoms with E-state index < -0.39 is 6.04 Å². The molecular formula is C14H14N2O3. The molecular weight excluding hydrogens is 244 g/mol. The predicted octanol–water partition coefficient (Wildman–Crippen LogP) is 0.914. The maximum Gasteiger partial charge on any atom is 0.234 e. The van der Waals surface area contributed by atoms with E-state index in [4.69, 9.17) is 14.7 Å². The van der Waals surface area contributed by atoms with Gasteiger partial charge in [0.25, 0.3) is 0 Å². The number of ether oxygens (including phenoxy) is 2. The Bertz CT molecular complexity index is 538. The molecule has 0 radical (unpaired) electrons. The zero-order valence-electron chi connectivity index (χ0n) is 10.4. The van der Waals surface area contributed by atoms with Gasteiger partial charge in [0.15, 0.2) is 0 Å². The third kappa shape index (κ3) is 2.04. The topological polar surface area (TPSA) is 62.6 Å². The molecule has 0 spiro atoms. The van der Waals surface area contributed by atoms with Crippen LogP contribution in [0.2, 0.25) is 0 Å². The second-order valence-corrected chi connectivity index (χ2v) is 4.65. The van der Waals surface area contributed by atoms with Crippen LogP contribution >= 0.6 is 0 Å². The van der Waals surface area contributed by atoms with Gasteiger partial charge in [-0.1, -0.05) is 18.2 Å². The molecule has 0 aromatic heterocycles. The molecule has 1 fully saturated rings. The number of rotatable bonds is 1. The van der Waals surface area contributed by atoms with Gasteiger partial charge >= 0.3 is 0 Å². The van der Waals surface area contributed by atoms with E-state index in [0.29, 0.717) is 19.8 Å². The summed E-state index contributed by atoms with van der Waals surface area (Å²) < 4.78 is 10.8. The molecule has 2 aliphatic rings. The Labute approximate surface area is 111 Å². The number of carbonyl (C=O) groups is 1. The van der Waals surface area contributed by atoms with E-state index in [0.717, 1.165) is 11.3 Å². The van der Waals surface area contributed by atoms with Gasteiger partial charge in [-0.25, -0.2) is 0 Å². The number of morpholine rings is 1. The Hall–Kier alpha value is -2.06. The summed E-state index contributed by atoms with van der Waals surface area (Å²) in [5.74, 6) is 0.424. The van der Waals surface area contributed by atoms with Gasteiger partial charge in [0.1, 0.15) is 24.3 Å². The first-order valence-electron chi connectivity index (χ1n) is 6.31. The lowest BCUT2D eigenvalue weighted by molar-refractivity contribution is -0.139. The third-order valence-corrected chi connectivity index (χ3v) is 3.56. The van der Waals surface area contributed by atoms with Crippen molar-refractivity contribution in [2.75, 3.05) is 26.4 Å². The molecule has 2 aliphatic heterocycles. The average molecular weight is 258 g/mol.